The molecule has 6 heteroatoms. The Labute approximate surface area is 149 Å². The van der Waals surface area contributed by atoms with Crippen molar-refractivity contribution < 1.29 is 19.1 Å². The predicted molar refractivity (Wildman–Crippen MR) is 95.3 cm³/mol. The lowest BCUT2D eigenvalue weighted by molar-refractivity contribution is -0.143. The number of nitrogens with zero attached hydrogens (tertiary/aromatic N) is 1. The zero-order valence-corrected chi connectivity index (χ0v) is 15.0. The van der Waals surface area contributed by atoms with Crippen LogP contribution in [0.5, 0.6) is 5.75 Å². The minimum atomic E-state index is -0.528. The molecule has 1 aromatic rings. The molecular weight excluding hydrogens is 320 g/mol. The maximum atomic E-state index is 11.4. The molecule has 0 aromatic heterocycles. The van der Waals surface area contributed by atoms with Crippen molar-refractivity contribution in [3.05, 3.63) is 29.8 Å². The van der Waals surface area contributed by atoms with Gasteiger partial charge in [0.25, 0.3) is 0 Å². The van der Waals surface area contributed by atoms with Gasteiger partial charge in [0.1, 0.15) is 12.2 Å². The van der Waals surface area contributed by atoms with Crippen LogP contribution in [0.25, 0.3) is 0 Å². The van der Waals surface area contributed by atoms with Gasteiger partial charge in [0.15, 0.2) is 0 Å². The number of hydrogen-bond acceptors (Lipinski definition) is 5. The van der Waals surface area contributed by atoms with Crippen molar-refractivity contribution in [2.75, 3.05) is 33.4 Å². The van der Waals surface area contributed by atoms with Gasteiger partial charge in [-0.05, 0) is 50.0 Å². The van der Waals surface area contributed by atoms with Crippen molar-refractivity contribution in [1.82, 2.24) is 10.2 Å². The van der Waals surface area contributed by atoms with E-state index < -0.39 is 5.97 Å². The van der Waals surface area contributed by atoms with Gasteiger partial charge in [-0.15, -0.1) is 0 Å². The molecule has 0 bridgehead atoms. The second-order valence-electron chi connectivity index (χ2n) is 6.29. The molecule has 1 aromatic carbocycles. The van der Waals surface area contributed by atoms with Crippen LogP contribution in [0, 0.1) is 0 Å². The molecule has 0 radical (unpaired) electrons. The minimum Gasteiger partial charge on any atom is -0.494 e. The maximum absolute atomic E-state index is 11.4. The Morgan fingerprint density at radius 2 is 2.00 bits per heavy atom. The number of benzene rings is 1. The summed E-state index contributed by atoms with van der Waals surface area (Å²) in [5.41, 5.74) is 1.27. The van der Waals surface area contributed by atoms with E-state index >= 15 is 0 Å². The SMILES string of the molecule is COC(=O)CC(=O)NCCCOc1cccc(CN2CCCCC2)c1. The van der Waals surface area contributed by atoms with Crippen LogP contribution in [0.4, 0.5) is 0 Å². The van der Waals surface area contributed by atoms with Gasteiger partial charge in [-0.25, -0.2) is 0 Å². The predicted octanol–water partition coefficient (Wildman–Crippen LogP) is 2.12. The lowest BCUT2D eigenvalue weighted by atomic mass is 10.1. The molecule has 1 fully saturated rings. The van der Waals surface area contributed by atoms with Gasteiger partial charge in [0.05, 0.1) is 13.7 Å². The number of ether oxygens (including phenoxy) is 2. The molecule has 1 aliphatic rings. The van der Waals surface area contributed by atoms with E-state index in [4.69, 9.17) is 4.74 Å². The standard InChI is InChI=1S/C19H28N2O4/c1-24-19(23)14-18(22)20-9-6-12-25-17-8-5-7-16(13-17)15-21-10-3-2-4-11-21/h5,7-8,13H,2-4,6,9-12,14-15H2,1H3,(H,20,22). The summed E-state index contributed by atoms with van der Waals surface area (Å²) < 4.78 is 10.2. The minimum absolute atomic E-state index is 0.240. The fraction of sp³-hybridized carbons (Fsp3) is 0.579. The summed E-state index contributed by atoms with van der Waals surface area (Å²) in [6.07, 6.45) is 4.37. The van der Waals surface area contributed by atoms with Crippen molar-refractivity contribution in [1.29, 1.82) is 0 Å². The van der Waals surface area contributed by atoms with Crippen LogP contribution in [0.15, 0.2) is 24.3 Å². The van der Waals surface area contributed by atoms with Crippen molar-refractivity contribution in [3.63, 3.8) is 0 Å². The number of likely N-dealkylation sites (tertiary alicyclic amines) is 1. The van der Waals surface area contributed by atoms with Gasteiger partial charge in [-0.3, -0.25) is 14.5 Å². The zero-order valence-electron chi connectivity index (χ0n) is 15.0. The van der Waals surface area contributed by atoms with Gasteiger partial charge >= 0.3 is 5.97 Å². The smallest absolute Gasteiger partial charge is 0.315 e. The average Bonchev–Trinajstić information content (AvgIpc) is 2.62. The molecule has 0 atom stereocenters. The number of methoxy groups -OCH3 is 1. The number of nitrogens with one attached hydrogen (secondary N) is 1. The maximum Gasteiger partial charge on any atom is 0.315 e. The van der Waals surface area contributed by atoms with Crippen LogP contribution in [0.1, 0.15) is 37.7 Å². The Hall–Kier alpha value is -2.08. The highest BCUT2D eigenvalue weighted by atomic mass is 16.5. The first-order valence-corrected chi connectivity index (χ1v) is 8.95. The third-order valence-electron chi connectivity index (χ3n) is 4.20. The van der Waals surface area contributed by atoms with Crippen LogP contribution in [-0.4, -0.2) is 50.1 Å². The average molecular weight is 348 g/mol. The highest BCUT2D eigenvalue weighted by Gasteiger charge is 2.11. The Kier molecular flexibility index (Phi) is 8.25. The Morgan fingerprint density at radius 3 is 2.76 bits per heavy atom. The number of carbonyl (C=O) groups excluding carboxylic acids is 2. The summed E-state index contributed by atoms with van der Waals surface area (Å²) in [6.45, 7) is 4.32. The zero-order chi connectivity index (χ0) is 17.9. The summed E-state index contributed by atoms with van der Waals surface area (Å²) in [6, 6.07) is 8.20. The van der Waals surface area contributed by atoms with Crippen molar-refractivity contribution in [2.24, 2.45) is 0 Å². The molecule has 1 heterocycles. The van der Waals surface area contributed by atoms with Gasteiger partial charge in [0, 0.05) is 13.1 Å². The molecule has 0 aliphatic carbocycles. The number of hydrogen-bond donors (Lipinski definition) is 1. The molecule has 1 saturated heterocycles. The first-order valence-electron chi connectivity index (χ1n) is 8.95. The molecule has 6 nitrogen and oxygen atoms in total. The summed E-state index contributed by atoms with van der Waals surface area (Å²) in [7, 11) is 1.27. The summed E-state index contributed by atoms with van der Waals surface area (Å²) in [5, 5.41) is 2.67. The third-order valence-corrected chi connectivity index (χ3v) is 4.20. The van der Waals surface area contributed by atoms with Gasteiger partial charge in [0.2, 0.25) is 5.91 Å². The van der Waals surface area contributed by atoms with Crippen LogP contribution in [0.2, 0.25) is 0 Å². The van der Waals surface area contributed by atoms with Crippen molar-refractivity contribution >= 4 is 11.9 Å². The Morgan fingerprint density at radius 1 is 1.20 bits per heavy atom. The number of esters is 1. The molecule has 138 valence electrons. The topological polar surface area (TPSA) is 67.9 Å². The fourth-order valence-electron chi connectivity index (χ4n) is 2.87. The summed E-state index contributed by atoms with van der Waals surface area (Å²) in [5.74, 6) is 0.00467. The number of amides is 1. The molecule has 0 unspecified atom stereocenters. The van der Waals surface area contributed by atoms with Crippen LogP contribution >= 0.6 is 0 Å². The number of carbonyl (C=O) groups is 2. The molecule has 0 spiro atoms. The Balaban J connectivity index is 1.64. The van der Waals surface area contributed by atoms with Gasteiger partial charge < -0.3 is 14.8 Å². The van der Waals surface area contributed by atoms with E-state index in [-0.39, 0.29) is 12.3 Å². The number of piperidine rings is 1. The van der Waals surface area contributed by atoms with E-state index in [1.165, 1.54) is 45.0 Å². The second kappa shape index (κ2) is 10.7. The monoisotopic (exact) mass is 348 g/mol. The molecule has 1 N–H and O–H groups in total. The summed E-state index contributed by atoms with van der Waals surface area (Å²) in [4.78, 5) is 24.9. The molecule has 1 aliphatic heterocycles. The second-order valence-corrected chi connectivity index (χ2v) is 6.29. The fourth-order valence-corrected chi connectivity index (χ4v) is 2.87. The van der Waals surface area contributed by atoms with Crippen molar-refractivity contribution in [3.8, 4) is 5.75 Å². The highest BCUT2D eigenvalue weighted by Crippen LogP contribution is 2.17. The molecule has 0 saturated carbocycles. The van der Waals surface area contributed by atoms with Crippen molar-refractivity contribution in [2.45, 2.75) is 38.6 Å². The molecular formula is C19H28N2O4. The first-order chi connectivity index (χ1) is 12.2. The third kappa shape index (κ3) is 7.56. The number of rotatable bonds is 9. The van der Waals surface area contributed by atoms with Crippen LogP contribution in [0.3, 0.4) is 0 Å². The molecule has 2 rings (SSSR count). The van der Waals surface area contributed by atoms with E-state index in [0.717, 1.165) is 12.3 Å². The highest BCUT2D eigenvalue weighted by molar-refractivity contribution is 5.94. The normalized spacial score (nSPS) is 14.8. The van der Waals surface area contributed by atoms with E-state index in [9.17, 15) is 9.59 Å². The molecule has 1 amide bonds. The quantitative estimate of drug-likeness (QED) is 0.421. The summed E-state index contributed by atoms with van der Waals surface area (Å²) >= 11 is 0. The van der Waals surface area contributed by atoms with E-state index in [2.05, 4.69) is 27.1 Å². The first kappa shape index (κ1) is 19.2. The lowest BCUT2D eigenvalue weighted by Crippen LogP contribution is -2.29. The van der Waals surface area contributed by atoms with E-state index in [0.29, 0.717) is 19.6 Å². The van der Waals surface area contributed by atoms with Gasteiger partial charge in [-0.2, -0.15) is 0 Å². The van der Waals surface area contributed by atoms with E-state index in [1.54, 1.807) is 0 Å². The van der Waals surface area contributed by atoms with Gasteiger partial charge in [-0.1, -0.05) is 18.6 Å². The Bertz CT molecular complexity index is 556. The van der Waals surface area contributed by atoms with Crippen LogP contribution in [-0.2, 0) is 20.9 Å². The van der Waals surface area contributed by atoms with Crippen LogP contribution < -0.4 is 10.1 Å². The van der Waals surface area contributed by atoms with E-state index in [1.807, 2.05) is 12.1 Å². The lowest BCUT2D eigenvalue weighted by Gasteiger charge is -2.26. The largest absolute Gasteiger partial charge is 0.494 e. The molecule has 25 heavy (non-hydrogen) atoms.